The molecule has 0 aromatic heterocycles. The monoisotopic (exact) mass is 466 g/mol. The highest BCUT2D eigenvalue weighted by Gasteiger charge is 2.59. The molecule has 1 aromatic rings. The number of ether oxygens (including phenoxy) is 1. The van der Waals surface area contributed by atoms with Crippen molar-refractivity contribution in [1.29, 1.82) is 0 Å². The van der Waals surface area contributed by atoms with E-state index in [9.17, 15) is 19.2 Å². The molecule has 146 valence electrons. The summed E-state index contributed by atoms with van der Waals surface area (Å²) in [5, 5.41) is 2.98. The normalized spacial score (nSPS) is 27.3. The molecule has 4 rings (SSSR count). The second-order valence-electron chi connectivity index (χ2n) is 7.10. The molecule has 1 heterocycles. The van der Waals surface area contributed by atoms with E-state index in [0.717, 1.165) is 11.3 Å². The molecule has 2 aliphatic carbocycles. The van der Waals surface area contributed by atoms with Gasteiger partial charge in [-0.2, -0.15) is 0 Å². The van der Waals surface area contributed by atoms with Gasteiger partial charge in [-0.3, -0.25) is 24.1 Å². The van der Waals surface area contributed by atoms with E-state index in [2.05, 4.69) is 21.2 Å². The number of nitrogens with zero attached hydrogens (tertiary/aromatic N) is 1. The summed E-state index contributed by atoms with van der Waals surface area (Å²) in [5.74, 6) is -2.56. The van der Waals surface area contributed by atoms with Crippen LogP contribution in [-0.4, -0.2) is 41.7 Å². The molecule has 3 amide bonds. The minimum absolute atomic E-state index is 0.0796. The quantitative estimate of drug-likeness (QED) is 0.408. The van der Waals surface area contributed by atoms with Crippen molar-refractivity contribution in [2.24, 2.45) is 23.7 Å². The summed E-state index contributed by atoms with van der Waals surface area (Å²) < 4.78 is 5.61. The standard InChI is InChI=1S/C19H16BrClN2O5/c20-12-4-3-11(6-13(12)21)22-14(24)8-28-15(25)7-23-18(26)16-9-1-2-10(5-9)17(16)19(23)27/h1-4,6,9-10,16-17H,5,7-8H2,(H,22,24)/t9-,10-,16-,17+/m0/s1. The highest BCUT2D eigenvalue weighted by molar-refractivity contribution is 9.10. The predicted octanol–water partition coefficient (Wildman–Crippen LogP) is 2.39. The van der Waals surface area contributed by atoms with Crippen molar-refractivity contribution in [3.05, 3.63) is 39.8 Å². The van der Waals surface area contributed by atoms with E-state index in [0.29, 0.717) is 15.2 Å². The third-order valence-electron chi connectivity index (χ3n) is 5.42. The number of anilines is 1. The first kappa shape index (κ1) is 19.1. The lowest BCUT2D eigenvalue weighted by Gasteiger charge is -2.16. The maximum absolute atomic E-state index is 12.5. The summed E-state index contributed by atoms with van der Waals surface area (Å²) in [6.07, 6.45) is 4.79. The fraction of sp³-hybridized carbons (Fsp3) is 0.368. The minimum atomic E-state index is -0.800. The molecular formula is C19H16BrClN2O5. The topological polar surface area (TPSA) is 92.8 Å². The molecule has 1 aliphatic heterocycles. The third-order valence-corrected chi connectivity index (χ3v) is 6.65. The van der Waals surface area contributed by atoms with Gasteiger partial charge in [0.2, 0.25) is 11.8 Å². The zero-order valence-electron chi connectivity index (χ0n) is 14.6. The number of carbonyl (C=O) groups is 4. The van der Waals surface area contributed by atoms with E-state index in [4.69, 9.17) is 16.3 Å². The molecule has 1 saturated heterocycles. The maximum atomic E-state index is 12.5. The molecular weight excluding hydrogens is 452 g/mol. The molecule has 2 bridgehead atoms. The first-order valence-corrected chi connectivity index (χ1v) is 9.96. The van der Waals surface area contributed by atoms with Gasteiger partial charge < -0.3 is 10.1 Å². The maximum Gasteiger partial charge on any atom is 0.326 e. The van der Waals surface area contributed by atoms with Crippen LogP contribution in [0.1, 0.15) is 6.42 Å². The Morgan fingerprint density at radius 1 is 1.18 bits per heavy atom. The summed E-state index contributed by atoms with van der Waals surface area (Å²) in [5.41, 5.74) is 0.454. The number of carbonyl (C=O) groups excluding carboxylic acids is 4. The van der Waals surface area contributed by atoms with E-state index in [1.54, 1.807) is 18.2 Å². The molecule has 0 spiro atoms. The average molecular weight is 468 g/mol. The van der Waals surface area contributed by atoms with Crippen molar-refractivity contribution < 1.29 is 23.9 Å². The Kier molecular flexibility index (Phi) is 5.01. The van der Waals surface area contributed by atoms with Gasteiger partial charge in [0.1, 0.15) is 6.54 Å². The number of benzene rings is 1. The van der Waals surface area contributed by atoms with Crippen molar-refractivity contribution >= 4 is 56.9 Å². The van der Waals surface area contributed by atoms with Crippen LogP contribution in [0.3, 0.4) is 0 Å². The number of rotatable bonds is 5. The predicted molar refractivity (Wildman–Crippen MR) is 103 cm³/mol. The van der Waals surface area contributed by atoms with Gasteiger partial charge in [0.15, 0.2) is 6.61 Å². The Morgan fingerprint density at radius 3 is 2.43 bits per heavy atom. The summed E-state index contributed by atoms with van der Waals surface area (Å²) in [7, 11) is 0. The number of esters is 1. The van der Waals surface area contributed by atoms with Crippen LogP contribution < -0.4 is 5.32 Å². The van der Waals surface area contributed by atoms with E-state index in [-0.39, 0.29) is 35.5 Å². The van der Waals surface area contributed by atoms with Crippen molar-refractivity contribution in [2.45, 2.75) is 6.42 Å². The zero-order valence-corrected chi connectivity index (χ0v) is 16.9. The highest BCUT2D eigenvalue weighted by atomic mass is 79.9. The van der Waals surface area contributed by atoms with E-state index in [1.807, 2.05) is 12.2 Å². The number of fused-ring (bicyclic) bond motifs is 5. The molecule has 0 unspecified atom stereocenters. The highest BCUT2D eigenvalue weighted by Crippen LogP contribution is 2.52. The van der Waals surface area contributed by atoms with Crippen LogP contribution in [0.25, 0.3) is 0 Å². The molecule has 1 aromatic carbocycles. The second kappa shape index (κ2) is 7.33. The first-order chi connectivity index (χ1) is 13.3. The van der Waals surface area contributed by atoms with Gasteiger partial charge >= 0.3 is 5.97 Å². The number of imide groups is 1. The molecule has 9 heteroatoms. The Balaban J connectivity index is 1.29. The lowest BCUT2D eigenvalue weighted by atomic mass is 9.85. The number of nitrogens with one attached hydrogen (secondary N) is 1. The van der Waals surface area contributed by atoms with Gasteiger partial charge in [0, 0.05) is 10.2 Å². The number of halogens is 2. The van der Waals surface area contributed by atoms with Gasteiger partial charge in [0.05, 0.1) is 16.9 Å². The Labute approximate surface area is 174 Å². The second-order valence-corrected chi connectivity index (χ2v) is 8.36. The van der Waals surface area contributed by atoms with Crippen molar-refractivity contribution in [3.63, 3.8) is 0 Å². The van der Waals surface area contributed by atoms with Crippen molar-refractivity contribution in [1.82, 2.24) is 4.90 Å². The van der Waals surface area contributed by atoms with Crippen LogP contribution in [0, 0.1) is 23.7 Å². The van der Waals surface area contributed by atoms with Gasteiger partial charge in [0.25, 0.3) is 5.91 Å². The molecule has 28 heavy (non-hydrogen) atoms. The molecule has 4 atom stereocenters. The fourth-order valence-electron chi connectivity index (χ4n) is 4.21. The number of allylic oxidation sites excluding steroid dienone is 2. The van der Waals surface area contributed by atoms with E-state index >= 15 is 0 Å². The number of amides is 3. The number of hydrogen-bond donors (Lipinski definition) is 1. The van der Waals surface area contributed by atoms with Crippen LogP contribution >= 0.6 is 27.5 Å². The third kappa shape index (κ3) is 3.35. The Morgan fingerprint density at radius 2 is 1.82 bits per heavy atom. The lowest BCUT2D eigenvalue weighted by Crippen LogP contribution is -2.38. The van der Waals surface area contributed by atoms with Gasteiger partial charge in [-0.25, -0.2) is 0 Å². The van der Waals surface area contributed by atoms with Crippen molar-refractivity contribution in [2.75, 3.05) is 18.5 Å². The summed E-state index contributed by atoms with van der Waals surface area (Å²) in [6, 6.07) is 4.86. The van der Waals surface area contributed by atoms with Crippen LogP contribution in [-0.2, 0) is 23.9 Å². The van der Waals surface area contributed by atoms with Crippen LogP contribution in [0.15, 0.2) is 34.8 Å². The first-order valence-electron chi connectivity index (χ1n) is 8.79. The largest absolute Gasteiger partial charge is 0.454 e. The fourth-order valence-corrected chi connectivity index (χ4v) is 4.64. The van der Waals surface area contributed by atoms with E-state index < -0.39 is 25.0 Å². The number of hydrogen-bond acceptors (Lipinski definition) is 5. The molecule has 1 N–H and O–H groups in total. The minimum Gasteiger partial charge on any atom is -0.454 e. The lowest BCUT2D eigenvalue weighted by molar-refractivity contribution is -0.154. The van der Waals surface area contributed by atoms with Crippen molar-refractivity contribution in [3.8, 4) is 0 Å². The van der Waals surface area contributed by atoms with Gasteiger partial charge in [-0.05, 0) is 52.4 Å². The van der Waals surface area contributed by atoms with Crippen LogP contribution in [0.5, 0.6) is 0 Å². The summed E-state index contributed by atoms with van der Waals surface area (Å²) in [4.78, 5) is 50.0. The Hall–Kier alpha value is -2.19. The van der Waals surface area contributed by atoms with E-state index in [1.165, 1.54) is 0 Å². The molecule has 7 nitrogen and oxygen atoms in total. The van der Waals surface area contributed by atoms with Gasteiger partial charge in [-0.1, -0.05) is 23.8 Å². The van der Waals surface area contributed by atoms with Gasteiger partial charge in [-0.15, -0.1) is 0 Å². The van der Waals surface area contributed by atoms with Crippen LogP contribution in [0.4, 0.5) is 5.69 Å². The molecule has 3 aliphatic rings. The summed E-state index contributed by atoms with van der Waals surface area (Å²) >= 11 is 9.20. The SMILES string of the molecule is O=C(COC(=O)CN1C(=O)[C@@H]2[C@H](C1=O)[C@H]1C=C[C@H]2C1)Nc1ccc(Br)c(Cl)c1. The molecule has 1 saturated carbocycles. The Bertz CT molecular complexity index is 888. The average Bonchev–Trinajstić information content (AvgIpc) is 3.33. The van der Waals surface area contributed by atoms with Crippen LogP contribution in [0.2, 0.25) is 5.02 Å². The summed E-state index contributed by atoms with van der Waals surface area (Å²) in [6.45, 7) is -0.996. The smallest absolute Gasteiger partial charge is 0.326 e. The zero-order chi connectivity index (χ0) is 20.0. The molecule has 0 radical (unpaired) electrons. The number of likely N-dealkylation sites (tertiary alicyclic amines) is 1. The molecule has 2 fully saturated rings.